The van der Waals surface area contributed by atoms with Gasteiger partial charge >= 0.3 is 0 Å². The number of rotatable bonds is 11. The number of ether oxygens (including phenoxy) is 2. The fraction of sp³-hybridized carbons (Fsp3) is 0.217. The molecular formula is C23H23Cl2N3O4. The number of nitrogens with one attached hydrogen (secondary N) is 2. The van der Waals surface area contributed by atoms with Crippen LogP contribution in [0.3, 0.4) is 0 Å². The van der Waals surface area contributed by atoms with Crippen LogP contribution in [-0.2, 0) is 13.2 Å². The minimum absolute atomic E-state index is 0.0695. The number of nitrogens with zero attached hydrogens (tertiary/aromatic N) is 1. The van der Waals surface area contributed by atoms with Crippen LogP contribution in [0, 0.1) is 10.1 Å². The van der Waals surface area contributed by atoms with E-state index in [0.717, 1.165) is 16.8 Å². The van der Waals surface area contributed by atoms with Crippen LogP contribution in [0.1, 0.15) is 11.1 Å². The first kappa shape index (κ1) is 23.7. The molecular weight excluding hydrogens is 453 g/mol. The lowest BCUT2D eigenvalue weighted by Crippen LogP contribution is -2.21. The van der Waals surface area contributed by atoms with E-state index >= 15 is 0 Å². The Morgan fingerprint density at radius 2 is 1.69 bits per heavy atom. The van der Waals surface area contributed by atoms with Gasteiger partial charge in [0.15, 0.2) is 11.5 Å². The summed E-state index contributed by atoms with van der Waals surface area (Å²) in [5.41, 5.74) is 2.82. The van der Waals surface area contributed by atoms with Crippen molar-refractivity contribution in [3.05, 3.63) is 92.0 Å². The molecule has 0 aliphatic carbocycles. The fourth-order valence-electron chi connectivity index (χ4n) is 2.98. The molecule has 0 bridgehead atoms. The number of benzene rings is 3. The summed E-state index contributed by atoms with van der Waals surface area (Å²) in [6, 6.07) is 17.5. The monoisotopic (exact) mass is 475 g/mol. The van der Waals surface area contributed by atoms with E-state index in [9.17, 15) is 10.1 Å². The van der Waals surface area contributed by atoms with Crippen molar-refractivity contribution in [2.75, 3.05) is 25.5 Å². The van der Waals surface area contributed by atoms with Crippen molar-refractivity contribution in [3.8, 4) is 11.5 Å². The Morgan fingerprint density at radius 3 is 2.34 bits per heavy atom. The molecule has 0 aliphatic rings. The molecule has 0 radical (unpaired) electrons. The van der Waals surface area contributed by atoms with E-state index in [1.807, 2.05) is 36.4 Å². The number of hydrogen-bond donors (Lipinski definition) is 2. The molecule has 0 amide bonds. The molecule has 0 saturated heterocycles. The molecule has 3 rings (SSSR count). The van der Waals surface area contributed by atoms with Crippen LogP contribution in [-0.4, -0.2) is 25.1 Å². The molecule has 168 valence electrons. The van der Waals surface area contributed by atoms with Crippen molar-refractivity contribution in [3.63, 3.8) is 0 Å². The Balaban J connectivity index is 1.49. The van der Waals surface area contributed by atoms with Crippen molar-refractivity contribution in [1.82, 2.24) is 5.32 Å². The number of methoxy groups -OCH3 is 1. The van der Waals surface area contributed by atoms with Gasteiger partial charge in [-0.1, -0.05) is 35.3 Å². The van der Waals surface area contributed by atoms with E-state index < -0.39 is 4.92 Å². The van der Waals surface area contributed by atoms with E-state index in [-0.39, 0.29) is 5.69 Å². The third-order valence-electron chi connectivity index (χ3n) is 4.62. The minimum atomic E-state index is -0.418. The summed E-state index contributed by atoms with van der Waals surface area (Å²) in [7, 11) is 1.58. The van der Waals surface area contributed by atoms with Gasteiger partial charge in [0.25, 0.3) is 5.69 Å². The molecule has 7 nitrogen and oxygen atoms in total. The summed E-state index contributed by atoms with van der Waals surface area (Å²) in [4.78, 5) is 10.3. The second-order valence-corrected chi connectivity index (χ2v) is 7.78. The number of nitro groups is 1. The Hall–Kier alpha value is -3.00. The Morgan fingerprint density at radius 1 is 0.969 bits per heavy atom. The molecule has 0 unspecified atom stereocenters. The highest BCUT2D eigenvalue weighted by Crippen LogP contribution is 2.37. The van der Waals surface area contributed by atoms with Crippen LogP contribution in [0.15, 0.2) is 60.7 Å². The molecule has 9 heteroatoms. The van der Waals surface area contributed by atoms with Gasteiger partial charge in [-0.25, -0.2) is 0 Å². The summed E-state index contributed by atoms with van der Waals surface area (Å²) in [5.74, 6) is 1.06. The second-order valence-electron chi connectivity index (χ2n) is 6.93. The van der Waals surface area contributed by atoms with Gasteiger partial charge in [-0.3, -0.25) is 10.1 Å². The van der Waals surface area contributed by atoms with E-state index in [4.69, 9.17) is 32.7 Å². The van der Waals surface area contributed by atoms with Crippen LogP contribution < -0.4 is 20.1 Å². The van der Waals surface area contributed by atoms with Crippen LogP contribution in [0.2, 0.25) is 10.0 Å². The van der Waals surface area contributed by atoms with Crippen LogP contribution in [0.5, 0.6) is 11.5 Å². The lowest BCUT2D eigenvalue weighted by Gasteiger charge is -2.15. The Labute approximate surface area is 196 Å². The maximum absolute atomic E-state index is 10.7. The van der Waals surface area contributed by atoms with Gasteiger partial charge in [0.05, 0.1) is 17.1 Å². The first-order valence-electron chi connectivity index (χ1n) is 9.89. The number of halogens is 2. The van der Waals surface area contributed by atoms with E-state index in [1.165, 1.54) is 12.1 Å². The van der Waals surface area contributed by atoms with Gasteiger partial charge in [0, 0.05) is 42.5 Å². The predicted molar refractivity (Wildman–Crippen MR) is 127 cm³/mol. The summed E-state index contributed by atoms with van der Waals surface area (Å²) in [6.45, 7) is 2.28. The smallest absolute Gasteiger partial charge is 0.269 e. The molecule has 0 aromatic heterocycles. The highest BCUT2D eigenvalue weighted by Gasteiger charge is 2.12. The fourth-order valence-corrected chi connectivity index (χ4v) is 3.39. The van der Waals surface area contributed by atoms with Crippen molar-refractivity contribution >= 4 is 34.6 Å². The van der Waals surface area contributed by atoms with Crippen molar-refractivity contribution in [2.45, 2.75) is 13.2 Å². The molecule has 0 aliphatic heterocycles. The summed E-state index contributed by atoms with van der Waals surface area (Å²) in [6.07, 6.45) is 0. The molecule has 0 saturated carbocycles. The highest BCUT2D eigenvalue weighted by atomic mass is 35.5. The van der Waals surface area contributed by atoms with Crippen molar-refractivity contribution in [1.29, 1.82) is 0 Å². The van der Waals surface area contributed by atoms with Gasteiger partial charge < -0.3 is 20.1 Å². The molecule has 32 heavy (non-hydrogen) atoms. The van der Waals surface area contributed by atoms with Crippen molar-refractivity contribution in [2.24, 2.45) is 0 Å². The minimum Gasteiger partial charge on any atom is -0.493 e. The molecule has 0 fully saturated rings. The maximum atomic E-state index is 10.7. The molecule has 0 heterocycles. The van der Waals surface area contributed by atoms with Gasteiger partial charge in [-0.05, 0) is 47.5 Å². The average molecular weight is 476 g/mol. The van der Waals surface area contributed by atoms with E-state index in [1.54, 1.807) is 19.2 Å². The number of hydrogen-bond acceptors (Lipinski definition) is 6. The molecule has 2 N–H and O–H groups in total. The summed E-state index contributed by atoms with van der Waals surface area (Å²) >= 11 is 12.4. The van der Waals surface area contributed by atoms with Crippen LogP contribution in [0.25, 0.3) is 0 Å². The topological polar surface area (TPSA) is 85.7 Å². The maximum Gasteiger partial charge on any atom is 0.269 e. The molecule has 3 aromatic rings. The molecule has 0 atom stereocenters. The number of nitro benzene ring substituents is 1. The first-order chi connectivity index (χ1) is 15.5. The zero-order valence-corrected chi connectivity index (χ0v) is 18.9. The van der Waals surface area contributed by atoms with E-state index in [2.05, 4.69) is 10.6 Å². The largest absolute Gasteiger partial charge is 0.493 e. The lowest BCUT2D eigenvalue weighted by molar-refractivity contribution is -0.384. The second kappa shape index (κ2) is 11.6. The predicted octanol–water partition coefficient (Wildman–Crippen LogP) is 5.69. The van der Waals surface area contributed by atoms with Crippen LogP contribution in [0.4, 0.5) is 11.4 Å². The van der Waals surface area contributed by atoms with Gasteiger partial charge in [0.1, 0.15) is 6.61 Å². The van der Waals surface area contributed by atoms with E-state index in [0.29, 0.717) is 47.8 Å². The SMILES string of the molecule is COc1cc(CNCCNc2ccc([N+](=O)[O-])cc2)cc(Cl)c1OCc1ccc(Cl)cc1. The Bertz CT molecular complexity index is 1040. The average Bonchev–Trinajstić information content (AvgIpc) is 2.79. The summed E-state index contributed by atoms with van der Waals surface area (Å²) in [5, 5.41) is 18.4. The van der Waals surface area contributed by atoms with Crippen molar-refractivity contribution < 1.29 is 14.4 Å². The quantitative estimate of drug-likeness (QED) is 0.210. The van der Waals surface area contributed by atoms with Gasteiger partial charge in [0.2, 0.25) is 0 Å². The number of anilines is 1. The highest BCUT2D eigenvalue weighted by molar-refractivity contribution is 6.32. The zero-order valence-electron chi connectivity index (χ0n) is 17.4. The lowest BCUT2D eigenvalue weighted by atomic mass is 10.2. The standard InChI is InChI=1S/C23H23Cl2N3O4/c1-31-22-13-17(12-21(25)23(22)32-15-16-2-4-18(24)5-3-16)14-26-10-11-27-19-6-8-20(9-7-19)28(29)30/h2-9,12-13,26-27H,10-11,14-15H2,1H3. The normalized spacial score (nSPS) is 10.6. The first-order valence-corrected chi connectivity index (χ1v) is 10.6. The third kappa shape index (κ3) is 6.75. The summed E-state index contributed by atoms with van der Waals surface area (Å²) < 4.78 is 11.3. The van der Waals surface area contributed by atoms with Gasteiger partial charge in [-0.2, -0.15) is 0 Å². The molecule has 3 aromatic carbocycles. The number of non-ortho nitro benzene ring substituents is 1. The molecule has 0 spiro atoms. The zero-order chi connectivity index (χ0) is 22.9. The van der Waals surface area contributed by atoms with Gasteiger partial charge in [-0.15, -0.1) is 0 Å². The van der Waals surface area contributed by atoms with Crippen LogP contribution >= 0.6 is 23.2 Å². The Kier molecular flexibility index (Phi) is 8.56. The third-order valence-corrected chi connectivity index (χ3v) is 5.16.